The summed E-state index contributed by atoms with van der Waals surface area (Å²) in [6.45, 7) is 3.49. The molecular formula is C28H33N13O2. The van der Waals surface area contributed by atoms with Gasteiger partial charge in [-0.15, -0.1) is 0 Å². The number of hydrogen-bond donors (Lipinski definition) is 3. The van der Waals surface area contributed by atoms with Crippen LogP contribution in [0.2, 0.25) is 0 Å². The molecule has 0 spiro atoms. The van der Waals surface area contributed by atoms with Gasteiger partial charge in [0.25, 0.3) is 0 Å². The van der Waals surface area contributed by atoms with Crippen molar-refractivity contribution in [3.8, 4) is 0 Å². The quantitative estimate of drug-likeness (QED) is 0.262. The van der Waals surface area contributed by atoms with Gasteiger partial charge in [-0.1, -0.05) is 0 Å². The van der Waals surface area contributed by atoms with E-state index in [4.69, 9.17) is 19.7 Å². The summed E-state index contributed by atoms with van der Waals surface area (Å²) in [5.41, 5.74) is 2.24. The Bertz CT molecular complexity index is 1540. The van der Waals surface area contributed by atoms with Gasteiger partial charge >= 0.3 is 0 Å². The number of carbonyl (C=O) groups excluding carboxylic acids is 1. The molecule has 222 valence electrons. The maximum absolute atomic E-state index is 13.5. The Morgan fingerprint density at radius 1 is 0.953 bits per heavy atom. The number of rotatable bonds is 9. The average Bonchev–Trinajstić information content (AvgIpc) is 3.64. The van der Waals surface area contributed by atoms with E-state index in [9.17, 15) is 4.79 Å². The largest absolute Gasteiger partial charge is 0.380 e. The SMILES string of the molecule is CO[C@H]1C[C@@H](C(=O)Nc2cnccn2)N(c2nc(Nc3cc(C4CC4)[nH]n3)nc(N3CCN(c4ccncc4)CC3)n2)C1. The monoisotopic (exact) mass is 583 g/mol. The normalized spacial score (nSPS) is 20.3. The highest BCUT2D eigenvalue weighted by molar-refractivity contribution is 5.96. The number of ether oxygens (including phenoxy) is 1. The molecule has 2 saturated heterocycles. The molecule has 0 bridgehead atoms. The lowest BCUT2D eigenvalue weighted by Gasteiger charge is -2.36. The molecule has 3 N–H and O–H groups in total. The van der Waals surface area contributed by atoms with E-state index < -0.39 is 6.04 Å². The van der Waals surface area contributed by atoms with Gasteiger partial charge in [0.15, 0.2) is 11.6 Å². The van der Waals surface area contributed by atoms with E-state index in [0.29, 0.717) is 48.4 Å². The Labute approximate surface area is 248 Å². The molecule has 0 unspecified atom stereocenters. The molecule has 2 aliphatic heterocycles. The van der Waals surface area contributed by atoms with Gasteiger partial charge in [0.05, 0.1) is 12.3 Å². The predicted octanol–water partition coefficient (Wildman–Crippen LogP) is 1.96. The standard InChI is InChI=1S/C28H33N13O2/c1-43-20-14-22(25(42)32-24-16-30-8-9-31-24)41(17-20)28-35-26(33-23-15-21(37-38-23)18-2-3-18)34-27(36-28)40-12-10-39(11-13-40)19-4-6-29-7-5-19/h4-9,15-16,18,20,22H,2-3,10-14,17H2,1H3,(H,31,32,42)(H2,33,34,35,36,37,38)/t20-,22-/m0/s1. The number of anilines is 6. The Balaban J connectivity index is 1.17. The van der Waals surface area contributed by atoms with Crippen LogP contribution in [0.15, 0.2) is 49.2 Å². The topological polar surface area (TPSA) is 166 Å². The zero-order valence-electron chi connectivity index (χ0n) is 23.8. The number of H-pyrrole nitrogens is 1. The van der Waals surface area contributed by atoms with E-state index in [1.807, 2.05) is 35.5 Å². The highest BCUT2D eigenvalue weighted by atomic mass is 16.5. The molecule has 3 fully saturated rings. The third-order valence-electron chi connectivity index (χ3n) is 8.03. The highest BCUT2D eigenvalue weighted by Gasteiger charge is 2.39. The molecule has 15 heteroatoms. The molecule has 43 heavy (non-hydrogen) atoms. The number of nitrogens with one attached hydrogen (secondary N) is 3. The Kier molecular flexibility index (Phi) is 7.37. The van der Waals surface area contributed by atoms with Crippen molar-refractivity contribution in [2.45, 2.75) is 37.3 Å². The van der Waals surface area contributed by atoms with E-state index in [1.165, 1.54) is 25.2 Å². The summed E-state index contributed by atoms with van der Waals surface area (Å²) in [4.78, 5) is 46.7. The van der Waals surface area contributed by atoms with E-state index in [1.54, 1.807) is 13.3 Å². The Morgan fingerprint density at radius 2 is 1.74 bits per heavy atom. The van der Waals surface area contributed by atoms with Crippen LogP contribution in [-0.4, -0.2) is 98.0 Å². The minimum absolute atomic E-state index is 0.175. The highest BCUT2D eigenvalue weighted by Crippen LogP contribution is 2.39. The van der Waals surface area contributed by atoms with Crippen LogP contribution < -0.4 is 25.3 Å². The lowest BCUT2D eigenvalue weighted by molar-refractivity contribution is -0.117. The molecule has 1 amide bonds. The molecule has 1 aliphatic carbocycles. The zero-order valence-corrected chi connectivity index (χ0v) is 23.8. The van der Waals surface area contributed by atoms with Crippen molar-refractivity contribution in [2.24, 2.45) is 0 Å². The van der Waals surface area contributed by atoms with Crippen LogP contribution in [0.4, 0.5) is 35.2 Å². The van der Waals surface area contributed by atoms with Gasteiger partial charge in [-0.3, -0.25) is 19.9 Å². The first-order valence-corrected chi connectivity index (χ1v) is 14.5. The lowest BCUT2D eigenvalue weighted by atomic mass is 10.2. The lowest BCUT2D eigenvalue weighted by Crippen LogP contribution is -2.47. The molecule has 1 saturated carbocycles. The van der Waals surface area contributed by atoms with Crippen molar-refractivity contribution >= 4 is 41.1 Å². The van der Waals surface area contributed by atoms with Crippen LogP contribution in [0.3, 0.4) is 0 Å². The van der Waals surface area contributed by atoms with E-state index >= 15 is 0 Å². The number of amides is 1. The third-order valence-corrected chi connectivity index (χ3v) is 8.03. The maximum Gasteiger partial charge on any atom is 0.248 e. The second-order valence-electron chi connectivity index (χ2n) is 10.9. The summed E-state index contributed by atoms with van der Waals surface area (Å²) in [5.74, 6) is 2.61. The molecule has 7 rings (SSSR count). The number of methoxy groups -OCH3 is 1. The number of nitrogens with zero attached hydrogens (tertiary/aromatic N) is 10. The van der Waals surface area contributed by atoms with E-state index in [2.05, 4.69) is 45.6 Å². The number of aromatic nitrogens is 8. The Morgan fingerprint density at radius 3 is 2.49 bits per heavy atom. The van der Waals surface area contributed by atoms with Crippen molar-refractivity contribution in [3.63, 3.8) is 0 Å². The fourth-order valence-electron chi connectivity index (χ4n) is 5.53. The Hall–Kier alpha value is -4.92. The number of piperazine rings is 1. The molecule has 15 nitrogen and oxygen atoms in total. The summed E-state index contributed by atoms with van der Waals surface area (Å²) < 4.78 is 5.68. The van der Waals surface area contributed by atoms with Crippen LogP contribution in [0, 0.1) is 0 Å². The third kappa shape index (κ3) is 6.02. The number of hydrogen-bond acceptors (Lipinski definition) is 13. The molecule has 4 aromatic rings. The minimum atomic E-state index is -0.578. The molecular weight excluding hydrogens is 550 g/mol. The van der Waals surface area contributed by atoms with Gasteiger partial charge in [-0.2, -0.15) is 20.1 Å². The number of pyridine rings is 1. The second kappa shape index (κ2) is 11.8. The smallest absolute Gasteiger partial charge is 0.248 e. The first-order chi connectivity index (χ1) is 21.1. The van der Waals surface area contributed by atoms with Gasteiger partial charge in [-0.05, 0) is 25.0 Å². The molecule has 6 heterocycles. The van der Waals surface area contributed by atoms with Crippen LogP contribution in [0.5, 0.6) is 0 Å². The second-order valence-corrected chi connectivity index (χ2v) is 10.9. The van der Waals surface area contributed by atoms with Crippen molar-refractivity contribution in [3.05, 3.63) is 54.9 Å². The van der Waals surface area contributed by atoms with Crippen LogP contribution in [0.25, 0.3) is 0 Å². The average molecular weight is 584 g/mol. The van der Waals surface area contributed by atoms with Gasteiger partial charge < -0.3 is 30.1 Å². The van der Waals surface area contributed by atoms with Crippen molar-refractivity contribution < 1.29 is 9.53 Å². The molecule has 0 radical (unpaired) electrons. The van der Waals surface area contributed by atoms with Gasteiger partial charge in [0.1, 0.15) is 6.04 Å². The summed E-state index contributed by atoms with van der Waals surface area (Å²) in [7, 11) is 1.65. The van der Waals surface area contributed by atoms with Gasteiger partial charge in [-0.25, -0.2) is 4.98 Å². The van der Waals surface area contributed by atoms with Crippen LogP contribution >= 0.6 is 0 Å². The van der Waals surface area contributed by atoms with Crippen molar-refractivity contribution in [1.82, 2.24) is 40.1 Å². The molecule has 0 aromatic carbocycles. The molecule has 4 aromatic heterocycles. The summed E-state index contributed by atoms with van der Waals surface area (Å²) in [5, 5.41) is 13.7. The van der Waals surface area contributed by atoms with Gasteiger partial charge in [0, 0.05) is 94.4 Å². The number of aromatic amines is 1. The summed E-state index contributed by atoms with van der Waals surface area (Å²) >= 11 is 0. The molecule has 3 aliphatic rings. The fraction of sp³-hybridized carbons (Fsp3) is 0.429. The van der Waals surface area contributed by atoms with E-state index in [-0.39, 0.29) is 12.0 Å². The molecule has 2 atom stereocenters. The maximum atomic E-state index is 13.5. The van der Waals surface area contributed by atoms with E-state index in [0.717, 1.165) is 37.6 Å². The summed E-state index contributed by atoms with van der Waals surface area (Å²) in [6, 6.07) is 5.46. The van der Waals surface area contributed by atoms with Crippen LogP contribution in [-0.2, 0) is 9.53 Å². The zero-order chi connectivity index (χ0) is 29.2. The minimum Gasteiger partial charge on any atom is -0.380 e. The van der Waals surface area contributed by atoms with Crippen molar-refractivity contribution in [1.29, 1.82) is 0 Å². The van der Waals surface area contributed by atoms with Crippen molar-refractivity contribution in [2.75, 3.05) is 65.2 Å². The predicted molar refractivity (Wildman–Crippen MR) is 160 cm³/mol. The summed E-state index contributed by atoms with van der Waals surface area (Å²) in [6.07, 6.45) is 10.9. The number of carbonyl (C=O) groups is 1. The fourth-order valence-corrected chi connectivity index (χ4v) is 5.53. The van der Waals surface area contributed by atoms with Crippen LogP contribution in [0.1, 0.15) is 30.9 Å². The van der Waals surface area contributed by atoms with Gasteiger partial charge in [0.2, 0.25) is 23.8 Å². The first kappa shape index (κ1) is 26.9. The first-order valence-electron chi connectivity index (χ1n) is 14.5.